The molecule has 0 radical (unpaired) electrons. The Kier molecular flexibility index (Phi) is 11.7. The third-order valence-corrected chi connectivity index (χ3v) is 5.86. The minimum atomic E-state index is -0.250. The molecule has 1 aromatic carbocycles. The van der Waals surface area contributed by atoms with Gasteiger partial charge in [-0.25, -0.2) is 0 Å². The quantitative estimate of drug-likeness (QED) is 0.453. The molecule has 0 saturated carbocycles. The van der Waals surface area contributed by atoms with Gasteiger partial charge in [0.15, 0.2) is 0 Å². The first kappa shape index (κ1) is 25.8. The first-order chi connectivity index (χ1) is 15.6. The Labute approximate surface area is 189 Å². The number of carboxylic acid groups (broad SMARTS) is 1. The molecule has 0 unspecified atom stereocenters. The highest BCUT2D eigenvalue weighted by atomic mass is 16.5. The normalized spacial score (nSPS) is 22.0. The smallest absolute Gasteiger partial charge is 0.290 e. The highest BCUT2D eigenvalue weighted by Gasteiger charge is 2.33. The highest BCUT2D eigenvalue weighted by molar-refractivity contribution is 5.79. The Morgan fingerprint density at radius 3 is 2.44 bits per heavy atom. The predicted octanol–water partition coefficient (Wildman–Crippen LogP) is 0.762. The van der Waals surface area contributed by atoms with Gasteiger partial charge in [-0.15, -0.1) is 0 Å². The third kappa shape index (κ3) is 8.94. The van der Waals surface area contributed by atoms with Crippen LogP contribution in [0.25, 0.3) is 0 Å². The molecule has 0 aliphatic carbocycles. The summed E-state index contributed by atoms with van der Waals surface area (Å²) in [6, 6.07) is 10.3. The van der Waals surface area contributed by atoms with Crippen molar-refractivity contribution < 1.29 is 29.3 Å². The van der Waals surface area contributed by atoms with Gasteiger partial charge in [-0.2, -0.15) is 0 Å². The zero-order valence-electron chi connectivity index (χ0n) is 18.4. The minimum Gasteiger partial charge on any atom is -0.483 e. The first-order valence-electron chi connectivity index (χ1n) is 11.2. The molecule has 2 amide bonds. The lowest BCUT2D eigenvalue weighted by Gasteiger charge is -2.36. The number of aliphatic hydroxyl groups is 1. The summed E-state index contributed by atoms with van der Waals surface area (Å²) in [6.07, 6.45) is 3.53. The number of carbonyl (C=O) groups excluding carboxylic acids is 2. The van der Waals surface area contributed by atoms with Gasteiger partial charge in [0.1, 0.15) is 0 Å². The van der Waals surface area contributed by atoms with Crippen molar-refractivity contribution in [3.8, 4) is 0 Å². The van der Waals surface area contributed by atoms with Crippen LogP contribution in [0.15, 0.2) is 30.3 Å². The molecule has 0 aromatic heterocycles. The molecule has 9 heteroatoms. The van der Waals surface area contributed by atoms with Crippen LogP contribution in [0.4, 0.5) is 0 Å². The van der Waals surface area contributed by atoms with Crippen LogP contribution in [0, 0.1) is 5.92 Å². The molecular formula is C23H35N3O6. The van der Waals surface area contributed by atoms with Gasteiger partial charge in [-0.05, 0) is 31.2 Å². The van der Waals surface area contributed by atoms with Gasteiger partial charge in [0.05, 0.1) is 12.5 Å². The van der Waals surface area contributed by atoms with E-state index in [0.29, 0.717) is 19.1 Å². The molecule has 3 rings (SSSR count). The van der Waals surface area contributed by atoms with Crippen LogP contribution in [0.5, 0.6) is 0 Å². The molecule has 9 nitrogen and oxygen atoms in total. The first-order valence-corrected chi connectivity index (χ1v) is 11.2. The molecular weight excluding hydrogens is 414 g/mol. The van der Waals surface area contributed by atoms with E-state index in [2.05, 4.69) is 15.5 Å². The Hall–Kier alpha value is -2.49. The fourth-order valence-electron chi connectivity index (χ4n) is 4.24. The van der Waals surface area contributed by atoms with E-state index >= 15 is 0 Å². The monoisotopic (exact) mass is 449 g/mol. The molecule has 4 N–H and O–H groups in total. The number of ether oxygens (including phenoxy) is 1. The van der Waals surface area contributed by atoms with Crippen molar-refractivity contribution in [3.05, 3.63) is 35.9 Å². The summed E-state index contributed by atoms with van der Waals surface area (Å²) in [7, 11) is 0. The maximum atomic E-state index is 12.9. The van der Waals surface area contributed by atoms with Crippen molar-refractivity contribution in [2.45, 2.75) is 50.7 Å². The van der Waals surface area contributed by atoms with Crippen LogP contribution in [0.1, 0.15) is 37.7 Å². The Morgan fingerprint density at radius 2 is 1.78 bits per heavy atom. The SMILES string of the molecule is O=C(CCO)N[C@H]1CC[C@@H](C(=O)NCc2ccccc2)CN(C2CCOCC2)C1.O=CO. The van der Waals surface area contributed by atoms with Gasteiger partial charge >= 0.3 is 0 Å². The molecule has 0 bridgehead atoms. The van der Waals surface area contributed by atoms with Gasteiger partial charge in [-0.1, -0.05) is 30.3 Å². The molecule has 178 valence electrons. The summed E-state index contributed by atoms with van der Waals surface area (Å²) in [5.41, 5.74) is 1.09. The summed E-state index contributed by atoms with van der Waals surface area (Å²) in [4.78, 5) is 35.6. The van der Waals surface area contributed by atoms with Crippen molar-refractivity contribution in [2.75, 3.05) is 32.9 Å². The molecule has 2 fully saturated rings. The maximum Gasteiger partial charge on any atom is 0.290 e. The van der Waals surface area contributed by atoms with Gasteiger partial charge in [0.25, 0.3) is 6.47 Å². The molecule has 2 aliphatic heterocycles. The van der Waals surface area contributed by atoms with Crippen molar-refractivity contribution in [3.63, 3.8) is 0 Å². The fraction of sp³-hybridized carbons (Fsp3) is 0.609. The zero-order valence-corrected chi connectivity index (χ0v) is 18.4. The number of benzene rings is 1. The lowest BCUT2D eigenvalue weighted by molar-refractivity contribution is -0.126. The number of aliphatic hydroxyl groups excluding tert-OH is 1. The maximum absolute atomic E-state index is 12.9. The number of hydrogen-bond donors (Lipinski definition) is 4. The molecule has 0 spiro atoms. The van der Waals surface area contributed by atoms with E-state index in [0.717, 1.165) is 51.0 Å². The van der Waals surface area contributed by atoms with Crippen molar-refractivity contribution in [1.82, 2.24) is 15.5 Å². The second-order valence-corrected chi connectivity index (χ2v) is 8.12. The average Bonchev–Trinajstić information content (AvgIpc) is 3.02. The molecule has 2 aliphatic rings. The van der Waals surface area contributed by atoms with E-state index < -0.39 is 0 Å². The van der Waals surface area contributed by atoms with Gasteiger partial charge in [0.2, 0.25) is 11.8 Å². The second kappa shape index (κ2) is 14.5. The molecule has 32 heavy (non-hydrogen) atoms. The topological polar surface area (TPSA) is 128 Å². The van der Waals surface area contributed by atoms with E-state index in [-0.39, 0.29) is 43.3 Å². The van der Waals surface area contributed by atoms with Crippen molar-refractivity contribution >= 4 is 18.3 Å². The van der Waals surface area contributed by atoms with Gasteiger partial charge in [-0.3, -0.25) is 19.3 Å². The number of nitrogens with zero attached hydrogens (tertiary/aromatic N) is 1. The highest BCUT2D eigenvalue weighted by Crippen LogP contribution is 2.23. The van der Waals surface area contributed by atoms with Crippen molar-refractivity contribution in [2.24, 2.45) is 5.92 Å². The van der Waals surface area contributed by atoms with E-state index in [1.165, 1.54) is 0 Å². The lowest BCUT2D eigenvalue weighted by atomic mass is 10.00. The van der Waals surface area contributed by atoms with Crippen LogP contribution in [0.3, 0.4) is 0 Å². The second-order valence-electron chi connectivity index (χ2n) is 8.12. The summed E-state index contributed by atoms with van der Waals surface area (Å²) < 4.78 is 5.50. The minimum absolute atomic E-state index is 0.00354. The summed E-state index contributed by atoms with van der Waals surface area (Å²) >= 11 is 0. The van der Waals surface area contributed by atoms with E-state index in [1.54, 1.807) is 0 Å². The molecule has 1 aromatic rings. The summed E-state index contributed by atoms with van der Waals surface area (Å²) in [5, 5.41) is 22.0. The average molecular weight is 450 g/mol. The zero-order chi connectivity index (χ0) is 23.2. The van der Waals surface area contributed by atoms with Crippen LogP contribution in [-0.4, -0.2) is 78.4 Å². The fourth-order valence-corrected chi connectivity index (χ4v) is 4.24. The van der Waals surface area contributed by atoms with E-state index in [9.17, 15) is 9.59 Å². The van der Waals surface area contributed by atoms with Crippen LogP contribution >= 0.6 is 0 Å². The summed E-state index contributed by atoms with van der Waals surface area (Å²) in [6.45, 7) is 3.07. The predicted molar refractivity (Wildman–Crippen MR) is 119 cm³/mol. The Balaban J connectivity index is 0.00000114. The molecule has 2 atom stereocenters. The largest absolute Gasteiger partial charge is 0.483 e. The van der Waals surface area contributed by atoms with Gasteiger partial charge < -0.3 is 25.6 Å². The summed E-state index contributed by atoms with van der Waals surface area (Å²) in [5.74, 6) is -0.147. The standard InChI is InChI=1S/C22H33N3O4.CH2O2/c26-11-8-21(27)24-19-7-6-18(15-25(16-19)20-9-12-29-13-10-20)22(28)23-14-17-4-2-1-3-5-17;2-1-3/h1-5,18-20,26H,6-16H2,(H,23,28)(H,24,27);1H,(H,2,3)/t18-,19+;/m1./s1. The van der Waals surface area contributed by atoms with E-state index in [4.69, 9.17) is 19.7 Å². The van der Waals surface area contributed by atoms with Crippen LogP contribution in [0.2, 0.25) is 0 Å². The third-order valence-electron chi connectivity index (χ3n) is 5.86. The van der Waals surface area contributed by atoms with E-state index in [1.807, 2.05) is 30.3 Å². The number of hydrogen-bond acceptors (Lipinski definition) is 6. The number of likely N-dealkylation sites (tertiary alicyclic amines) is 1. The number of amides is 2. The Bertz CT molecular complexity index is 696. The van der Waals surface area contributed by atoms with Crippen LogP contribution in [-0.2, 0) is 25.7 Å². The molecule has 2 heterocycles. The van der Waals surface area contributed by atoms with Gasteiger partial charge in [0, 0.05) is 51.4 Å². The number of carbonyl (C=O) groups is 3. The molecule has 2 saturated heterocycles. The number of rotatable bonds is 7. The Morgan fingerprint density at radius 1 is 1.09 bits per heavy atom. The van der Waals surface area contributed by atoms with Crippen molar-refractivity contribution in [1.29, 1.82) is 0 Å². The lowest BCUT2D eigenvalue weighted by Crippen LogP contribution is -2.49. The number of nitrogens with one attached hydrogen (secondary N) is 2. The van der Waals surface area contributed by atoms with Crippen LogP contribution < -0.4 is 10.6 Å².